The predicted octanol–water partition coefficient (Wildman–Crippen LogP) is 1.37. The van der Waals surface area contributed by atoms with E-state index in [1.54, 1.807) is 12.1 Å². The molecular formula is C12H19N3O3. The Kier molecular flexibility index (Phi) is 4.91. The maximum absolute atomic E-state index is 8.48. The lowest BCUT2D eigenvalue weighted by atomic mass is 10.2. The third kappa shape index (κ3) is 5.01. The van der Waals surface area contributed by atoms with Crippen LogP contribution in [0.2, 0.25) is 0 Å². The van der Waals surface area contributed by atoms with E-state index in [9.17, 15) is 0 Å². The maximum Gasteiger partial charge on any atom is 0.188 e. The monoisotopic (exact) mass is 253 g/mol. The number of rotatable bonds is 5. The molecule has 1 aromatic rings. The first-order chi connectivity index (χ1) is 8.42. The molecular weight excluding hydrogens is 234 g/mol. The normalized spacial score (nSPS) is 12.5. The molecule has 1 aromatic heterocycles. The van der Waals surface area contributed by atoms with Crippen LogP contribution in [0.1, 0.15) is 26.5 Å². The lowest BCUT2D eigenvalue weighted by Gasteiger charge is -2.19. The molecule has 0 aliphatic carbocycles. The number of nitrogens with zero attached hydrogens (tertiary/aromatic N) is 2. The van der Waals surface area contributed by atoms with Crippen LogP contribution in [0.15, 0.2) is 23.5 Å². The number of amidine groups is 1. The third-order valence-electron chi connectivity index (χ3n) is 1.99. The van der Waals surface area contributed by atoms with Gasteiger partial charge in [0, 0.05) is 0 Å². The van der Waals surface area contributed by atoms with Crippen LogP contribution in [0.4, 0.5) is 0 Å². The van der Waals surface area contributed by atoms with E-state index in [4.69, 9.17) is 20.4 Å². The van der Waals surface area contributed by atoms with Gasteiger partial charge in [0.1, 0.15) is 18.1 Å². The quantitative estimate of drug-likeness (QED) is 0.272. The summed E-state index contributed by atoms with van der Waals surface area (Å²) in [5, 5.41) is 11.3. The van der Waals surface area contributed by atoms with Crippen molar-refractivity contribution in [3.05, 3.63) is 24.0 Å². The number of nitrogens with two attached hydrogens (primary N) is 1. The lowest BCUT2D eigenvalue weighted by Crippen LogP contribution is -2.22. The van der Waals surface area contributed by atoms with E-state index in [0.717, 1.165) is 0 Å². The first-order valence-corrected chi connectivity index (χ1v) is 5.63. The summed E-state index contributed by atoms with van der Waals surface area (Å²) in [6, 6.07) is 3.33. The van der Waals surface area contributed by atoms with Crippen molar-refractivity contribution in [2.75, 3.05) is 13.2 Å². The molecule has 0 saturated carbocycles. The number of pyridine rings is 1. The van der Waals surface area contributed by atoms with Gasteiger partial charge < -0.3 is 20.4 Å². The van der Waals surface area contributed by atoms with Crippen molar-refractivity contribution >= 4 is 5.84 Å². The molecule has 0 saturated heterocycles. The summed E-state index contributed by atoms with van der Waals surface area (Å²) in [5.41, 5.74) is 5.62. The second-order valence-corrected chi connectivity index (χ2v) is 4.67. The van der Waals surface area contributed by atoms with Gasteiger partial charge in [-0.15, -0.1) is 0 Å². The highest BCUT2D eigenvalue weighted by Crippen LogP contribution is 2.10. The SMILES string of the molecule is CC(C)(C)OCCOc1ccc(/C(N)=N/O)nc1. The average Bonchev–Trinajstić information content (AvgIpc) is 2.33. The molecule has 6 heteroatoms. The number of hydrogen-bond donors (Lipinski definition) is 2. The van der Waals surface area contributed by atoms with E-state index in [1.165, 1.54) is 6.20 Å². The minimum Gasteiger partial charge on any atom is -0.490 e. The standard InChI is InChI=1S/C12H19N3O3/c1-12(2,3)18-7-6-17-9-4-5-10(14-8-9)11(13)15-16/h4-5,8,16H,6-7H2,1-3H3,(H2,13,15). The molecule has 0 atom stereocenters. The number of ether oxygens (including phenoxy) is 2. The molecule has 3 N–H and O–H groups in total. The van der Waals surface area contributed by atoms with E-state index in [1.807, 2.05) is 20.8 Å². The number of hydrogen-bond acceptors (Lipinski definition) is 5. The Morgan fingerprint density at radius 2 is 2.11 bits per heavy atom. The van der Waals surface area contributed by atoms with Crippen LogP contribution < -0.4 is 10.5 Å². The van der Waals surface area contributed by atoms with Crippen LogP contribution >= 0.6 is 0 Å². The van der Waals surface area contributed by atoms with Crippen LogP contribution in [0.25, 0.3) is 0 Å². The van der Waals surface area contributed by atoms with Gasteiger partial charge in [-0.1, -0.05) is 5.16 Å². The molecule has 18 heavy (non-hydrogen) atoms. The van der Waals surface area contributed by atoms with E-state index in [0.29, 0.717) is 24.7 Å². The van der Waals surface area contributed by atoms with Gasteiger partial charge in [-0.05, 0) is 32.9 Å². The van der Waals surface area contributed by atoms with Gasteiger partial charge >= 0.3 is 0 Å². The van der Waals surface area contributed by atoms with Crippen molar-refractivity contribution in [2.24, 2.45) is 10.9 Å². The van der Waals surface area contributed by atoms with Crippen molar-refractivity contribution in [1.29, 1.82) is 0 Å². The van der Waals surface area contributed by atoms with Crippen molar-refractivity contribution in [2.45, 2.75) is 26.4 Å². The van der Waals surface area contributed by atoms with Crippen molar-refractivity contribution in [3.8, 4) is 5.75 Å². The van der Waals surface area contributed by atoms with E-state index in [-0.39, 0.29) is 11.4 Å². The van der Waals surface area contributed by atoms with E-state index < -0.39 is 0 Å². The summed E-state index contributed by atoms with van der Waals surface area (Å²) in [6.07, 6.45) is 1.52. The molecule has 6 nitrogen and oxygen atoms in total. The zero-order chi connectivity index (χ0) is 13.6. The summed E-state index contributed by atoms with van der Waals surface area (Å²) in [5.74, 6) is 0.583. The summed E-state index contributed by atoms with van der Waals surface area (Å²) >= 11 is 0. The Labute approximate surface area is 106 Å². The molecule has 0 aromatic carbocycles. The number of aromatic nitrogens is 1. The van der Waals surface area contributed by atoms with E-state index in [2.05, 4.69) is 10.1 Å². The van der Waals surface area contributed by atoms with Gasteiger partial charge in [0.25, 0.3) is 0 Å². The van der Waals surface area contributed by atoms with Crippen LogP contribution in [0, 0.1) is 0 Å². The molecule has 100 valence electrons. The molecule has 0 radical (unpaired) electrons. The van der Waals surface area contributed by atoms with Gasteiger partial charge in [-0.2, -0.15) is 0 Å². The van der Waals surface area contributed by atoms with Crippen LogP contribution in [0.3, 0.4) is 0 Å². The van der Waals surface area contributed by atoms with Gasteiger partial charge in [-0.25, -0.2) is 4.98 Å². The van der Waals surface area contributed by atoms with Crippen LogP contribution in [-0.2, 0) is 4.74 Å². The molecule has 0 aliphatic rings. The van der Waals surface area contributed by atoms with E-state index >= 15 is 0 Å². The molecule has 0 unspecified atom stereocenters. The van der Waals surface area contributed by atoms with Gasteiger partial charge in [0.2, 0.25) is 0 Å². The minimum atomic E-state index is -0.169. The molecule has 0 bridgehead atoms. The molecule has 0 fully saturated rings. The Balaban J connectivity index is 2.40. The maximum atomic E-state index is 8.48. The summed E-state index contributed by atoms with van der Waals surface area (Å²) in [4.78, 5) is 4.00. The lowest BCUT2D eigenvalue weighted by molar-refractivity contribution is -0.0163. The fourth-order valence-electron chi connectivity index (χ4n) is 1.18. The highest BCUT2D eigenvalue weighted by molar-refractivity contribution is 5.95. The highest BCUT2D eigenvalue weighted by atomic mass is 16.5. The van der Waals surface area contributed by atoms with Crippen molar-refractivity contribution < 1.29 is 14.7 Å². The Hall–Kier alpha value is -1.82. The van der Waals surface area contributed by atoms with Gasteiger partial charge in [-0.3, -0.25) is 0 Å². The second kappa shape index (κ2) is 6.20. The second-order valence-electron chi connectivity index (χ2n) is 4.67. The Morgan fingerprint density at radius 3 is 2.61 bits per heavy atom. The smallest absolute Gasteiger partial charge is 0.188 e. The summed E-state index contributed by atoms with van der Waals surface area (Å²) in [7, 11) is 0. The third-order valence-corrected chi connectivity index (χ3v) is 1.99. The molecule has 1 heterocycles. The van der Waals surface area contributed by atoms with Crippen molar-refractivity contribution in [3.63, 3.8) is 0 Å². The molecule has 1 rings (SSSR count). The first-order valence-electron chi connectivity index (χ1n) is 5.63. The molecule has 0 amide bonds. The Morgan fingerprint density at radius 1 is 1.39 bits per heavy atom. The van der Waals surface area contributed by atoms with Crippen LogP contribution in [0.5, 0.6) is 5.75 Å². The number of oxime groups is 1. The fraction of sp³-hybridized carbons (Fsp3) is 0.500. The summed E-state index contributed by atoms with van der Waals surface area (Å²) < 4.78 is 11.0. The van der Waals surface area contributed by atoms with Gasteiger partial charge in [0.15, 0.2) is 5.84 Å². The fourth-order valence-corrected chi connectivity index (χ4v) is 1.18. The predicted molar refractivity (Wildman–Crippen MR) is 67.9 cm³/mol. The molecule has 0 spiro atoms. The zero-order valence-corrected chi connectivity index (χ0v) is 10.9. The average molecular weight is 253 g/mol. The molecule has 0 aliphatic heterocycles. The van der Waals surface area contributed by atoms with Crippen molar-refractivity contribution in [1.82, 2.24) is 4.98 Å². The van der Waals surface area contributed by atoms with Gasteiger partial charge in [0.05, 0.1) is 18.4 Å². The first kappa shape index (κ1) is 14.2. The largest absolute Gasteiger partial charge is 0.490 e. The van der Waals surface area contributed by atoms with Crippen LogP contribution in [-0.4, -0.2) is 34.8 Å². The Bertz CT molecular complexity index is 396. The summed E-state index contributed by atoms with van der Waals surface area (Å²) in [6.45, 7) is 6.91. The highest BCUT2D eigenvalue weighted by Gasteiger charge is 2.09. The topological polar surface area (TPSA) is 90.0 Å². The zero-order valence-electron chi connectivity index (χ0n) is 10.9. The minimum absolute atomic E-state index is 0.0300.